The molecule has 2 aliphatic rings. The fourth-order valence-corrected chi connectivity index (χ4v) is 2.43. The van der Waals surface area contributed by atoms with Crippen LogP contribution in [-0.2, 0) is 4.79 Å². The summed E-state index contributed by atoms with van der Waals surface area (Å²) in [6, 6.07) is 0.468. The average Bonchev–Trinajstić information content (AvgIpc) is 2.78. The van der Waals surface area contributed by atoms with Gasteiger partial charge in [0.1, 0.15) is 0 Å². The van der Waals surface area contributed by atoms with Crippen molar-refractivity contribution in [2.75, 3.05) is 13.1 Å². The Morgan fingerprint density at radius 1 is 1.54 bits per heavy atom. The first-order chi connectivity index (χ1) is 6.24. The van der Waals surface area contributed by atoms with Crippen LogP contribution in [0.1, 0.15) is 26.2 Å². The van der Waals surface area contributed by atoms with Crippen LogP contribution in [0, 0.1) is 11.8 Å². The number of hydrogen-bond donors (Lipinski definition) is 1. The molecule has 2 atom stereocenters. The number of rotatable bonds is 3. The number of nitrogens with zero attached hydrogens (tertiary/aromatic N) is 1. The van der Waals surface area contributed by atoms with Gasteiger partial charge in [0.15, 0.2) is 0 Å². The third-order valence-electron chi connectivity index (χ3n) is 3.46. The molecule has 3 heteroatoms. The van der Waals surface area contributed by atoms with Gasteiger partial charge >= 0.3 is 0 Å². The third kappa shape index (κ3) is 1.57. The second-order valence-electron chi connectivity index (χ2n) is 4.31. The summed E-state index contributed by atoms with van der Waals surface area (Å²) in [4.78, 5) is 13.2. The zero-order valence-electron chi connectivity index (χ0n) is 8.20. The van der Waals surface area contributed by atoms with Crippen molar-refractivity contribution >= 4 is 5.91 Å². The van der Waals surface area contributed by atoms with Crippen LogP contribution in [0.3, 0.4) is 0 Å². The predicted octanol–water partition coefficient (Wildman–Crippen LogP) is 0.592. The van der Waals surface area contributed by atoms with Gasteiger partial charge in [0.2, 0.25) is 5.91 Å². The number of hydrogen-bond acceptors (Lipinski definition) is 2. The van der Waals surface area contributed by atoms with Gasteiger partial charge < -0.3 is 10.6 Å². The van der Waals surface area contributed by atoms with Crippen molar-refractivity contribution in [3.8, 4) is 0 Å². The highest BCUT2D eigenvalue weighted by Gasteiger charge is 2.42. The fraction of sp³-hybridized carbons (Fsp3) is 0.900. The van der Waals surface area contributed by atoms with E-state index in [1.54, 1.807) is 6.92 Å². The molecule has 2 unspecified atom stereocenters. The van der Waals surface area contributed by atoms with Crippen molar-refractivity contribution in [2.45, 2.75) is 32.2 Å². The first-order valence-corrected chi connectivity index (χ1v) is 5.21. The third-order valence-corrected chi connectivity index (χ3v) is 3.46. The summed E-state index contributed by atoms with van der Waals surface area (Å²) in [6.45, 7) is 3.36. The monoisotopic (exact) mass is 182 g/mol. The lowest BCUT2D eigenvalue weighted by Gasteiger charge is -2.45. The van der Waals surface area contributed by atoms with Gasteiger partial charge in [-0.25, -0.2) is 0 Å². The van der Waals surface area contributed by atoms with E-state index in [9.17, 15) is 4.79 Å². The summed E-state index contributed by atoms with van der Waals surface area (Å²) in [5, 5.41) is 0. The SMILES string of the molecule is CC(=O)N1CCC1C(CN)C1CC1. The molecule has 0 aromatic rings. The second kappa shape index (κ2) is 3.29. The van der Waals surface area contributed by atoms with Crippen LogP contribution in [0.25, 0.3) is 0 Å². The van der Waals surface area contributed by atoms with Gasteiger partial charge in [0.05, 0.1) is 0 Å². The predicted molar refractivity (Wildman–Crippen MR) is 51.1 cm³/mol. The molecule has 1 aliphatic carbocycles. The molecule has 2 rings (SSSR count). The van der Waals surface area contributed by atoms with E-state index in [2.05, 4.69) is 0 Å². The summed E-state index contributed by atoms with van der Waals surface area (Å²) in [6.07, 6.45) is 3.81. The van der Waals surface area contributed by atoms with E-state index >= 15 is 0 Å². The minimum absolute atomic E-state index is 0.218. The standard InChI is InChI=1S/C10H18N2O/c1-7(13)12-5-4-10(12)9(6-11)8-2-3-8/h8-10H,2-6,11H2,1H3. The van der Waals surface area contributed by atoms with E-state index < -0.39 is 0 Å². The Morgan fingerprint density at radius 2 is 2.23 bits per heavy atom. The van der Waals surface area contributed by atoms with Crippen molar-refractivity contribution in [1.82, 2.24) is 4.90 Å². The van der Waals surface area contributed by atoms with Crippen LogP contribution < -0.4 is 5.73 Å². The molecule has 1 saturated heterocycles. The Morgan fingerprint density at radius 3 is 2.54 bits per heavy atom. The van der Waals surface area contributed by atoms with Crippen LogP contribution in [-0.4, -0.2) is 29.9 Å². The molecule has 0 aromatic heterocycles. The van der Waals surface area contributed by atoms with E-state index in [4.69, 9.17) is 5.73 Å². The normalized spacial score (nSPS) is 29.7. The van der Waals surface area contributed by atoms with Crippen molar-refractivity contribution in [1.29, 1.82) is 0 Å². The van der Waals surface area contributed by atoms with Gasteiger partial charge in [0.25, 0.3) is 0 Å². The number of carbonyl (C=O) groups excluding carboxylic acids is 1. The molecule has 3 nitrogen and oxygen atoms in total. The molecule has 0 radical (unpaired) electrons. The minimum atomic E-state index is 0.218. The molecular formula is C10H18N2O. The summed E-state index contributed by atoms with van der Waals surface area (Å²) in [5.74, 6) is 1.62. The van der Waals surface area contributed by atoms with Crippen molar-refractivity contribution in [3.63, 3.8) is 0 Å². The molecule has 1 amide bonds. The quantitative estimate of drug-likeness (QED) is 0.694. The van der Waals surface area contributed by atoms with Gasteiger partial charge in [-0.05, 0) is 37.6 Å². The van der Waals surface area contributed by atoms with Gasteiger partial charge in [0, 0.05) is 19.5 Å². The molecule has 2 fully saturated rings. The summed E-state index contributed by atoms with van der Waals surface area (Å²) in [5.41, 5.74) is 5.75. The Bertz CT molecular complexity index is 213. The number of carbonyl (C=O) groups is 1. The molecular weight excluding hydrogens is 164 g/mol. The zero-order valence-corrected chi connectivity index (χ0v) is 8.20. The number of nitrogens with two attached hydrogens (primary N) is 1. The van der Waals surface area contributed by atoms with Crippen LogP contribution >= 0.6 is 0 Å². The lowest BCUT2D eigenvalue weighted by Crippen LogP contribution is -2.55. The van der Waals surface area contributed by atoms with Gasteiger partial charge in [-0.15, -0.1) is 0 Å². The molecule has 1 saturated carbocycles. The van der Waals surface area contributed by atoms with E-state index in [1.807, 2.05) is 4.90 Å². The second-order valence-corrected chi connectivity index (χ2v) is 4.31. The van der Waals surface area contributed by atoms with Crippen LogP contribution in [0.4, 0.5) is 0 Å². The smallest absolute Gasteiger partial charge is 0.219 e. The Hall–Kier alpha value is -0.570. The highest BCUT2D eigenvalue weighted by molar-refractivity contribution is 5.74. The maximum Gasteiger partial charge on any atom is 0.219 e. The van der Waals surface area contributed by atoms with E-state index in [0.717, 1.165) is 25.4 Å². The Labute approximate surface area is 79.3 Å². The zero-order chi connectivity index (χ0) is 9.42. The summed E-state index contributed by atoms with van der Waals surface area (Å²) >= 11 is 0. The van der Waals surface area contributed by atoms with Crippen LogP contribution in [0.2, 0.25) is 0 Å². The average molecular weight is 182 g/mol. The summed E-state index contributed by atoms with van der Waals surface area (Å²) in [7, 11) is 0. The Kier molecular flexibility index (Phi) is 2.28. The lowest BCUT2D eigenvalue weighted by atomic mass is 9.85. The molecule has 0 bridgehead atoms. The van der Waals surface area contributed by atoms with Crippen LogP contribution in [0.5, 0.6) is 0 Å². The minimum Gasteiger partial charge on any atom is -0.339 e. The van der Waals surface area contributed by atoms with Crippen molar-refractivity contribution < 1.29 is 4.79 Å². The van der Waals surface area contributed by atoms with E-state index in [-0.39, 0.29) is 5.91 Å². The highest BCUT2D eigenvalue weighted by Crippen LogP contribution is 2.42. The fourth-order valence-electron chi connectivity index (χ4n) is 2.43. The van der Waals surface area contributed by atoms with Gasteiger partial charge in [-0.1, -0.05) is 0 Å². The number of likely N-dealkylation sites (tertiary alicyclic amines) is 1. The van der Waals surface area contributed by atoms with Crippen molar-refractivity contribution in [2.24, 2.45) is 17.6 Å². The summed E-state index contributed by atoms with van der Waals surface area (Å²) < 4.78 is 0. The van der Waals surface area contributed by atoms with Crippen molar-refractivity contribution in [3.05, 3.63) is 0 Å². The topological polar surface area (TPSA) is 46.3 Å². The molecule has 1 heterocycles. The molecule has 13 heavy (non-hydrogen) atoms. The van der Waals surface area contributed by atoms with Gasteiger partial charge in [-0.2, -0.15) is 0 Å². The molecule has 0 spiro atoms. The van der Waals surface area contributed by atoms with E-state index in [1.165, 1.54) is 12.8 Å². The first-order valence-electron chi connectivity index (χ1n) is 5.21. The molecule has 2 N–H and O–H groups in total. The van der Waals surface area contributed by atoms with Crippen LogP contribution in [0.15, 0.2) is 0 Å². The molecule has 1 aliphatic heterocycles. The highest BCUT2D eigenvalue weighted by atomic mass is 16.2. The largest absolute Gasteiger partial charge is 0.339 e. The first kappa shape index (κ1) is 9.00. The molecule has 74 valence electrons. The Balaban J connectivity index is 1.94. The number of amides is 1. The maximum absolute atomic E-state index is 11.2. The molecule has 0 aromatic carbocycles. The lowest BCUT2D eigenvalue weighted by molar-refractivity contribution is -0.138. The maximum atomic E-state index is 11.2. The van der Waals surface area contributed by atoms with E-state index in [0.29, 0.717) is 12.0 Å². The van der Waals surface area contributed by atoms with Gasteiger partial charge in [-0.3, -0.25) is 4.79 Å².